The van der Waals surface area contributed by atoms with Gasteiger partial charge >= 0.3 is 5.38 Å². The molecule has 0 aliphatic carbocycles. The van der Waals surface area contributed by atoms with Crippen molar-refractivity contribution in [3.8, 4) is 10.7 Å². The highest BCUT2D eigenvalue weighted by Crippen LogP contribution is 2.34. The van der Waals surface area contributed by atoms with Crippen molar-refractivity contribution in [2.24, 2.45) is 0 Å². The number of aromatic nitrogens is 6. The lowest BCUT2D eigenvalue weighted by molar-refractivity contribution is 0.0821. The van der Waals surface area contributed by atoms with Crippen molar-refractivity contribution in [2.45, 2.75) is 5.38 Å². The third-order valence-corrected chi connectivity index (χ3v) is 3.74. The van der Waals surface area contributed by atoms with Gasteiger partial charge in [0.15, 0.2) is 5.01 Å². The molecule has 0 unspecified atom stereocenters. The highest BCUT2D eigenvalue weighted by Gasteiger charge is 2.35. The molecule has 0 spiro atoms. The van der Waals surface area contributed by atoms with E-state index in [1.807, 2.05) is 0 Å². The molecular formula is C7H2BrClF2N6S. The Morgan fingerprint density at radius 2 is 2.22 bits per heavy atom. The van der Waals surface area contributed by atoms with Crippen LogP contribution in [0.2, 0.25) is 0 Å². The number of fused-ring (bicyclic) bond motifs is 1. The maximum atomic E-state index is 13.0. The van der Waals surface area contributed by atoms with Crippen LogP contribution in [0.4, 0.5) is 8.78 Å². The van der Waals surface area contributed by atoms with Gasteiger partial charge < -0.3 is 0 Å². The van der Waals surface area contributed by atoms with E-state index < -0.39 is 11.2 Å². The molecule has 3 aromatic heterocycles. The summed E-state index contributed by atoms with van der Waals surface area (Å²) in [5, 5.41) is 14.2. The molecule has 0 aromatic carbocycles. The molecule has 3 heterocycles. The van der Waals surface area contributed by atoms with Crippen molar-refractivity contribution in [1.82, 2.24) is 30.0 Å². The first-order chi connectivity index (χ1) is 8.47. The van der Waals surface area contributed by atoms with Gasteiger partial charge in [-0.3, -0.25) is 5.10 Å². The average Bonchev–Trinajstić information content (AvgIpc) is 2.87. The van der Waals surface area contributed by atoms with Crippen LogP contribution in [0.1, 0.15) is 5.82 Å². The maximum absolute atomic E-state index is 13.0. The molecule has 3 rings (SSSR count). The first-order valence-electron chi connectivity index (χ1n) is 4.45. The summed E-state index contributed by atoms with van der Waals surface area (Å²) in [5.41, 5.74) is 0.578. The zero-order valence-electron chi connectivity index (χ0n) is 8.23. The van der Waals surface area contributed by atoms with E-state index in [9.17, 15) is 8.78 Å². The van der Waals surface area contributed by atoms with Gasteiger partial charge in [0.1, 0.15) is 5.69 Å². The SMILES string of the molecule is FC(F)(Cl)c1nnc2sc(-c3[nH]ncc3Br)nn12. The van der Waals surface area contributed by atoms with E-state index in [4.69, 9.17) is 11.6 Å². The van der Waals surface area contributed by atoms with E-state index in [0.29, 0.717) is 15.2 Å². The van der Waals surface area contributed by atoms with E-state index in [2.05, 4.69) is 41.4 Å². The average molecular weight is 356 g/mol. The quantitative estimate of drug-likeness (QED) is 0.717. The molecule has 0 amide bonds. The minimum absolute atomic E-state index is 0.224. The van der Waals surface area contributed by atoms with Crippen molar-refractivity contribution in [2.75, 3.05) is 0 Å². The summed E-state index contributed by atoms with van der Waals surface area (Å²) in [6.07, 6.45) is 1.54. The van der Waals surface area contributed by atoms with Crippen LogP contribution in [0.3, 0.4) is 0 Å². The fraction of sp³-hybridized carbons (Fsp3) is 0.143. The van der Waals surface area contributed by atoms with Gasteiger partial charge in [-0.15, -0.1) is 10.2 Å². The zero-order chi connectivity index (χ0) is 12.9. The fourth-order valence-corrected chi connectivity index (χ4v) is 2.79. The van der Waals surface area contributed by atoms with Gasteiger partial charge in [0, 0.05) is 0 Å². The third kappa shape index (κ3) is 1.80. The Labute approximate surface area is 115 Å². The van der Waals surface area contributed by atoms with Crippen molar-refractivity contribution >= 4 is 43.8 Å². The van der Waals surface area contributed by atoms with Gasteiger partial charge in [0.2, 0.25) is 10.8 Å². The maximum Gasteiger partial charge on any atom is 0.383 e. The number of hydrogen-bond donors (Lipinski definition) is 1. The van der Waals surface area contributed by atoms with Gasteiger partial charge in [0.05, 0.1) is 10.7 Å². The van der Waals surface area contributed by atoms with Crippen molar-refractivity contribution in [1.29, 1.82) is 0 Å². The molecular weight excluding hydrogens is 354 g/mol. The molecule has 1 N–H and O–H groups in total. The smallest absolute Gasteiger partial charge is 0.274 e. The van der Waals surface area contributed by atoms with Gasteiger partial charge in [-0.1, -0.05) is 11.3 Å². The summed E-state index contributed by atoms with van der Waals surface area (Å²) < 4.78 is 27.6. The Balaban J connectivity index is 2.19. The molecule has 0 radical (unpaired) electrons. The first-order valence-corrected chi connectivity index (χ1v) is 6.44. The van der Waals surface area contributed by atoms with Gasteiger partial charge in [-0.25, -0.2) is 0 Å². The number of H-pyrrole nitrogens is 1. The van der Waals surface area contributed by atoms with Crippen LogP contribution < -0.4 is 0 Å². The first kappa shape index (κ1) is 11.9. The van der Waals surface area contributed by atoms with Gasteiger partial charge in [-0.05, 0) is 27.5 Å². The van der Waals surface area contributed by atoms with Crippen LogP contribution in [-0.4, -0.2) is 30.0 Å². The minimum Gasteiger partial charge on any atom is -0.274 e. The largest absolute Gasteiger partial charge is 0.383 e. The van der Waals surface area contributed by atoms with Crippen LogP contribution in [0.15, 0.2) is 10.7 Å². The summed E-state index contributed by atoms with van der Waals surface area (Å²) in [7, 11) is 0. The molecule has 94 valence electrons. The predicted octanol–water partition coefficient (Wildman–Crippen LogP) is 2.63. The van der Waals surface area contributed by atoms with Crippen LogP contribution in [0.5, 0.6) is 0 Å². The lowest BCUT2D eigenvalue weighted by atomic mass is 10.5. The third-order valence-electron chi connectivity index (χ3n) is 2.05. The monoisotopic (exact) mass is 354 g/mol. The minimum atomic E-state index is -3.62. The van der Waals surface area contributed by atoms with Crippen molar-refractivity contribution < 1.29 is 8.78 Å². The number of nitrogens with one attached hydrogen (secondary N) is 1. The van der Waals surface area contributed by atoms with E-state index in [-0.39, 0.29) is 4.96 Å². The highest BCUT2D eigenvalue weighted by molar-refractivity contribution is 9.10. The number of halogens is 4. The van der Waals surface area contributed by atoms with Gasteiger partial charge in [-0.2, -0.15) is 23.5 Å². The van der Waals surface area contributed by atoms with Crippen LogP contribution >= 0.6 is 38.9 Å². The van der Waals surface area contributed by atoms with Crippen LogP contribution in [-0.2, 0) is 5.38 Å². The molecule has 11 heteroatoms. The second kappa shape index (κ2) is 3.93. The molecule has 0 fully saturated rings. The molecule has 3 aromatic rings. The molecule has 0 saturated carbocycles. The number of aromatic amines is 1. The van der Waals surface area contributed by atoms with Crippen molar-refractivity contribution in [3.05, 3.63) is 16.5 Å². The summed E-state index contributed by atoms with van der Waals surface area (Å²) in [4.78, 5) is 0.224. The molecule has 0 bridgehead atoms. The summed E-state index contributed by atoms with van der Waals surface area (Å²) >= 11 is 9.27. The Morgan fingerprint density at radius 1 is 1.44 bits per heavy atom. The lowest BCUT2D eigenvalue weighted by Crippen LogP contribution is -2.10. The summed E-state index contributed by atoms with van der Waals surface area (Å²) in [5.74, 6) is -0.711. The van der Waals surface area contributed by atoms with E-state index in [1.54, 1.807) is 0 Å². The Morgan fingerprint density at radius 3 is 2.83 bits per heavy atom. The second-order valence-corrected chi connectivity index (χ2v) is 5.50. The molecule has 6 nitrogen and oxygen atoms in total. The standard InChI is InChI=1S/C7H2BrClF2N6S/c8-2-1-12-13-3(2)4-16-17-5(7(9,10)11)14-15-6(17)18-4/h1H,(H,12,13). The molecule has 0 aliphatic rings. The van der Waals surface area contributed by atoms with Crippen LogP contribution in [0, 0.1) is 0 Å². The number of alkyl halides is 3. The molecule has 0 atom stereocenters. The Kier molecular flexibility index (Phi) is 2.61. The Bertz CT molecular complexity index is 715. The van der Waals surface area contributed by atoms with Gasteiger partial charge in [0.25, 0.3) is 0 Å². The van der Waals surface area contributed by atoms with E-state index in [0.717, 1.165) is 15.9 Å². The molecule has 0 saturated heterocycles. The normalized spacial score (nSPS) is 12.4. The highest BCUT2D eigenvalue weighted by atomic mass is 79.9. The fourth-order valence-electron chi connectivity index (χ4n) is 1.32. The topological polar surface area (TPSA) is 71.8 Å². The summed E-state index contributed by atoms with van der Waals surface area (Å²) in [6, 6.07) is 0. The molecule has 18 heavy (non-hydrogen) atoms. The molecule has 0 aliphatic heterocycles. The van der Waals surface area contributed by atoms with Crippen molar-refractivity contribution in [3.63, 3.8) is 0 Å². The summed E-state index contributed by atoms with van der Waals surface area (Å²) in [6.45, 7) is 0. The van der Waals surface area contributed by atoms with E-state index >= 15 is 0 Å². The number of hydrogen-bond acceptors (Lipinski definition) is 5. The predicted molar refractivity (Wildman–Crippen MR) is 63.7 cm³/mol. The number of nitrogens with zero attached hydrogens (tertiary/aromatic N) is 5. The zero-order valence-corrected chi connectivity index (χ0v) is 11.4. The Hall–Kier alpha value is -1.13. The number of rotatable bonds is 2. The second-order valence-electron chi connectivity index (χ2n) is 3.22. The van der Waals surface area contributed by atoms with Crippen LogP contribution in [0.25, 0.3) is 15.7 Å². The van der Waals surface area contributed by atoms with E-state index in [1.165, 1.54) is 6.20 Å². The lowest BCUT2D eigenvalue weighted by Gasteiger charge is -2.01.